The van der Waals surface area contributed by atoms with Crippen LogP contribution in [0.4, 0.5) is 0 Å². The minimum Gasteiger partial charge on any atom is -0.459 e. The second-order valence-corrected chi connectivity index (χ2v) is 4.45. The van der Waals surface area contributed by atoms with E-state index in [9.17, 15) is 9.59 Å². The summed E-state index contributed by atoms with van der Waals surface area (Å²) in [4.78, 5) is 23.8. The molecule has 2 heterocycles. The zero-order valence-electron chi connectivity index (χ0n) is 9.83. The summed E-state index contributed by atoms with van der Waals surface area (Å²) in [5.41, 5.74) is 2.31. The zero-order valence-corrected chi connectivity index (χ0v) is 10.6. The van der Waals surface area contributed by atoms with Gasteiger partial charge in [-0.05, 0) is 23.6 Å². The molecule has 0 saturated carbocycles. The summed E-state index contributed by atoms with van der Waals surface area (Å²) >= 11 is 1.51. The molecule has 0 fully saturated rings. The summed E-state index contributed by atoms with van der Waals surface area (Å²) in [7, 11) is 0. The lowest BCUT2D eigenvalue weighted by molar-refractivity contribution is -0.120. The molecule has 2 rings (SSSR count). The van der Waals surface area contributed by atoms with Crippen LogP contribution in [0.25, 0.3) is 0 Å². The minimum absolute atomic E-state index is 0.162. The Balaban J connectivity index is 1.71. The molecule has 0 aliphatic heterocycles. The van der Waals surface area contributed by atoms with Crippen molar-refractivity contribution in [3.8, 4) is 0 Å². The molecule has 0 spiro atoms. The van der Waals surface area contributed by atoms with Gasteiger partial charge in [0.15, 0.2) is 5.76 Å². The minimum atomic E-state index is -0.442. The molecule has 0 aliphatic rings. The molecule has 98 valence electrons. The van der Waals surface area contributed by atoms with E-state index in [1.165, 1.54) is 29.9 Å². The van der Waals surface area contributed by atoms with Gasteiger partial charge >= 0.3 is 0 Å². The number of carbonyl (C=O) groups excluding carboxylic acids is 2. The second kappa shape index (κ2) is 6.50. The van der Waals surface area contributed by atoms with Crippen LogP contribution in [0.5, 0.6) is 0 Å². The molecule has 0 unspecified atom stereocenters. The highest BCUT2D eigenvalue weighted by atomic mass is 32.1. The molecule has 2 N–H and O–H groups in total. The molecule has 0 radical (unpaired) electrons. The predicted octanol–water partition coefficient (Wildman–Crippen LogP) is 1.22. The van der Waals surface area contributed by atoms with Crippen LogP contribution in [0.3, 0.4) is 0 Å². The van der Waals surface area contributed by atoms with E-state index in [1.54, 1.807) is 6.07 Å². The van der Waals surface area contributed by atoms with Crippen LogP contribution in [0.1, 0.15) is 15.4 Å². The number of rotatable bonds is 5. The van der Waals surface area contributed by atoms with Crippen molar-refractivity contribution in [1.82, 2.24) is 10.7 Å². The predicted molar refractivity (Wildman–Crippen MR) is 71.1 cm³/mol. The van der Waals surface area contributed by atoms with Crippen molar-refractivity contribution in [2.75, 3.05) is 6.54 Å². The number of nitrogens with one attached hydrogen (secondary N) is 2. The highest BCUT2D eigenvalue weighted by molar-refractivity contribution is 7.11. The van der Waals surface area contributed by atoms with Crippen LogP contribution in [-0.4, -0.2) is 24.6 Å². The molecular weight excluding hydrogens is 266 g/mol. The summed E-state index contributed by atoms with van der Waals surface area (Å²) in [5.74, 6) is -0.690. The second-order valence-electron chi connectivity index (χ2n) is 3.47. The third-order valence-electron chi connectivity index (χ3n) is 2.08. The fourth-order valence-electron chi connectivity index (χ4n) is 1.23. The number of thiophene rings is 1. The van der Waals surface area contributed by atoms with Crippen molar-refractivity contribution in [1.29, 1.82) is 0 Å². The van der Waals surface area contributed by atoms with Gasteiger partial charge in [-0.3, -0.25) is 9.59 Å². The van der Waals surface area contributed by atoms with E-state index in [4.69, 9.17) is 4.42 Å². The van der Waals surface area contributed by atoms with Gasteiger partial charge in [-0.1, -0.05) is 6.07 Å². The lowest BCUT2D eigenvalue weighted by atomic mass is 10.4. The van der Waals surface area contributed by atoms with Crippen molar-refractivity contribution in [2.24, 2.45) is 5.10 Å². The first-order valence-corrected chi connectivity index (χ1v) is 6.31. The maximum atomic E-state index is 11.4. The number of hydrogen-bond acceptors (Lipinski definition) is 5. The van der Waals surface area contributed by atoms with Gasteiger partial charge in [0.25, 0.3) is 11.8 Å². The van der Waals surface area contributed by atoms with Crippen molar-refractivity contribution in [2.45, 2.75) is 0 Å². The highest BCUT2D eigenvalue weighted by Gasteiger charge is 2.09. The normalized spacial score (nSPS) is 10.5. The van der Waals surface area contributed by atoms with Crippen LogP contribution in [0.2, 0.25) is 0 Å². The first-order valence-electron chi connectivity index (χ1n) is 5.43. The fourth-order valence-corrected chi connectivity index (χ4v) is 1.81. The van der Waals surface area contributed by atoms with E-state index >= 15 is 0 Å². The lowest BCUT2D eigenvalue weighted by Crippen LogP contribution is -2.34. The monoisotopic (exact) mass is 277 g/mol. The number of amides is 2. The summed E-state index contributed by atoms with van der Waals surface area (Å²) in [6, 6.07) is 6.87. The average molecular weight is 277 g/mol. The quantitative estimate of drug-likeness (QED) is 0.636. The van der Waals surface area contributed by atoms with Crippen molar-refractivity contribution in [3.63, 3.8) is 0 Å². The van der Waals surface area contributed by atoms with Gasteiger partial charge in [0.1, 0.15) is 0 Å². The largest absolute Gasteiger partial charge is 0.459 e. The summed E-state index contributed by atoms with van der Waals surface area (Å²) in [6.45, 7) is -0.165. The van der Waals surface area contributed by atoms with Crippen molar-refractivity contribution in [3.05, 3.63) is 46.5 Å². The Morgan fingerprint density at radius 2 is 2.26 bits per heavy atom. The topological polar surface area (TPSA) is 83.7 Å². The Morgan fingerprint density at radius 1 is 1.37 bits per heavy atom. The molecular formula is C12H11N3O3S. The van der Waals surface area contributed by atoms with Gasteiger partial charge < -0.3 is 9.73 Å². The summed E-state index contributed by atoms with van der Waals surface area (Å²) in [6.07, 6.45) is 2.93. The maximum absolute atomic E-state index is 11.4. The smallest absolute Gasteiger partial charge is 0.287 e. The standard InChI is InChI=1S/C12H11N3O3S/c16-11(15-14-7-9-3-2-6-19-9)8-13-12(17)10-4-1-5-18-10/h1-7H,8H2,(H,13,17)(H,15,16)/b14-7+. The molecule has 0 aromatic carbocycles. The molecule has 7 heteroatoms. The molecule has 2 aromatic rings. The molecule has 0 saturated heterocycles. The van der Waals surface area contributed by atoms with Gasteiger partial charge in [0, 0.05) is 4.88 Å². The van der Waals surface area contributed by atoms with Gasteiger partial charge in [0.2, 0.25) is 0 Å². The average Bonchev–Trinajstić information content (AvgIpc) is 3.08. The number of furan rings is 1. The first kappa shape index (κ1) is 13.0. The molecule has 2 amide bonds. The Morgan fingerprint density at radius 3 is 2.95 bits per heavy atom. The number of carbonyl (C=O) groups is 2. The van der Waals surface area contributed by atoms with E-state index in [0.717, 1.165) is 4.88 Å². The van der Waals surface area contributed by atoms with E-state index < -0.39 is 11.8 Å². The van der Waals surface area contributed by atoms with Crippen LogP contribution >= 0.6 is 11.3 Å². The third-order valence-corrected chi connectivity index (χ3v) is 2.89. The van der Waals surface area contributed by atoms with E-state index in [1.807, 2.05) is 17.5 Å². The van der Waals surface area contributed by atoms with E-state index in [0.29, 0.717) is 0 Å². The van der Waals surface area contributed by atoms with Crippen LogP contribution in [-0.2, 0) is 4.79 Å². The van der Waals surface area contributed by atoms with E-state index in [-0.39, 0.29) is 12.3 Å². The molecule has 0 atom stereocenters. The molecule has 6 nitrogen and oxygen atoms in total. The van der Waals surface area contributed by atoms with Crippen LogP contribution in [0, 0.1) is 0 Å². The molecule has 0 bridgehead atoms. The van der Waals surface area contributed by atoms with Crippen LogP contribution in [0.15, 0.2) is 45.4 Å². The third kappa shape index (κ3) is 4.07. The van der Waals surface area contributed by atoms with Gasteiger partial charge in [0.05, 0.1) is 19.0 Å². The van der Waals surface area contributed by atoms with Crippen molar-refractivity contribution < 1.29 is 14.0 Å². The maximum Gasteiger partial charge on any atom is 0.287 e. The molecule has 19 heavy (non-hydrogen) atoms. The van der Waals surface area contributed by atoms with Crippen molar-refractivity contribution >= 4 is 29.4 Å². The first-order chi connectivity index (χ1) is 9.25. The summed E-state index contributed by atoms with van der Waals surface area (Å²) in [5, 5.41) is 8.09. The molecule has 2 aromatic heterocycles. The Kier molecular flexibility index (Phi) is 4.46. The lowest BCUT2D eigenvalue weighted by Gasteiger charge is -2.01. The van der Waals surface area contributed by atoms with Gasteiger partial charge in [-0.2, -0.15) is 5.10 Å². The van der Waals surface area contributed by atoms with Gasteiger partial charge in [-0.25, -0.2) is 5.43 Å². The Bertz CT molecular complexity index is 561. The highest BCUT2D eigenvalue weighted by Crippen LogP contribution is 2.04. The summed E-state index contributed by atoms with van der Waals surface area (Å²) < 4.78 is 4.89. The Labute approximate surface area is 113 Å². The van der Waals surface area contributed by atoms with Crippen LogP contribution < -0.4 is 10.7 Å². The van der Waals surface area contributed by atoms with Gasteiger partial charge in [-0.15, -0.1) is 11.3 Å². The number of hydrazone groups is 1. The Hall–Kier alpha value is -2.41. The SMILES string of the molecule is O=C(CNC(=O)c1ccco1)N/N=C/c1cccs1. The van der Waals surface area contributed by atoms with E-state index in [2.05, 4.69) is 15.8 Å². The molecule has 0 aliphatic carbocycles. The number of hydrogen-bond donors (Lipinski definition) is 2. The number of nitrogens with zero attached hydrogens (tertiary/aromatic N) is 1. The fraction of sp³-hybridized carbons (Fsp3) is 0.0833. The zero-order chi connectivity index (χ0) is 13.5.